The van der Waals surface area contributed by atoms with Gasteiger partial charge in [-0.05, 0) is 17.7 Å². The zero-order valence-electron chi connectivity index (χ0n) is 11.2. The Morgan fingerprint density at radius 3 is 2.41 bits per heavy atom. The SMILES string of the molecule is COC(=O)C(c1ccc(Cl)c(F)c1)S(=O)(=O)CCC(F)(F)F. The highest BCUT2D eigenvalue weighted by Gasteiger charge is 2.39. The number of sulfone groups is 1. The van der Waals surface area contributed by atoms with Gasteiger partial charge in [-0.3, -0.25) is 4.79 Å². The molecule has 124 valence electrons. The van der Waals surface area contributed by atoms with Crippen LogP contribution in [-0.2, 0) is 19.4 Å². The molecular weight excluding hydrogens is 352 g/mol. The minimum absolute atomic E-state index is 0.319. The highest BCUT2D eigenvalue weighted by atomic mass is 35.5. The molecule has 0 aliphatic heterocycles. The van der Waals surface area contributed by atoms with E-state index < -0.39 is 45.2 Å². The maximum absolute atomic E-state index is 13.4. The number of methoxy groups -OCH3 is 1. The van der Waals surface area contributed by atoms with E-state index in [1.54, 1.807) is 0 Å². The lowest BCUT2D eigenvalue weighted by Gasteiger charge is -2.17. The normalized spacial score (nSPS) is 13.7. The first-order valence-corrected chi connectivity index (χ1v) is 7.88. The second-order valence-corrected chi connectivity index (χ2v) is 6.92. The van der Waals surface area contributed by atoms with Gasteiger partial charge in [0.2, 0.25) is 0 Å². The summed E-state index contributed by atoms with van der Waals surface area (Å²) in [6.07, 6.45) is -6.34. The van der Waals surface area contributed by atoms with E-state index >= 15 is 0 Å². The van der Waals surface area contributed by atoms with Crippen molar-refractivity contribution in [2.75, 3.05) is 12.9 Å². The molecule has 0 amide bonds. The van der Waals surface area contributed by atoms with E-state index in [0.717, 1.165) is 19.2 Å². The summed E-state index contributed by atoms with van der Waals surface area (Å²) in [5.41, 5.74) is -0.351. The van der Waals surface area contributed by atoms with Crippen LogP contribution in [0, 0.1) is 5.82 Å². The van der Waals surface area contributed by atoms with Crippen LogP contribution in [0.5, 0.6) is 0 Å². The van der Waals surface area contributed by atoms with Gasteiger partial charge in [0.1, 0.15) is 5.82 Å². The Balaban J connectivity index is 3.23. The van der Waals surface area contributed by atoms with Crippen molar-refractivity contribution in [1.82, 2.24) is 0 Å². The average Bonchev–Trinajstić information content (AvgIpc) is 2.40. The van der Waals surface area contributed by atoms with Crippen LogP contribution in [-0.4, -0.2) is 33.4 Å². The Kier molecular flexibility index (Phi) is 5.80. The molecule has 0 spiro atoms. The van der Waals surface area contributed by atoms with E-state index in [0.29, 0.717) is 6.07 Å². The smallest absolute Gasteiger partial charge is 0.390 e. The number of halogens is 5. The van der Waals surface area contributed by atoms with Gasteiger partial charge in [0.25, 0.3) is 0 Å². The largest absolute Gasteiger partial charge is 0.468 e. The summed E-state index contributed by atoms with van der Waals surface area (Å²) in [7, 11) is -3.68. The highest BCUT2D eigenvalue weighted by molar-refractivity contribution is 7.92. The van der Waals surface area contributed by atoms with E-state index in [1.807, 2.05) is 0 Å². The summed E-state index contributed by atoms with van der Waals surface area (Å²) in [5.74, 6) is -3.62. The second kappa shape index (κ2) is 6.82. The molecule has 1 rings (SSSR count). The lowest BCUT2D eigenvalue weighted by atomic mass is 10.1. The molecule has 22 heavy (non-hydrogen) atoms. The summed E-state index contributed by atoms with van der Waals surface area (Å²) in [4.78, 5) is 11.6. The van der Waals surface area contributed by atoms with Crippen molar-refractivity contribution in [1.29, 1.82) is 0 Å². The molecule has 10 heteroatoms. The maximum atomic E-state index is 13.4. The summed E-state index contributed by atoms with van der Waals surface area (Å²) in [6.45, 7) is 0. The molecular formula is C12H11ClF4O4S. The number of ether oxygens (including phenoxy) is 1. The molecule has 0 saturated heterocycles. The Bertz CT molecular complexity index is 658. The molecule has 0 aromatic heterocycles. The summed E-state index contributed by atoms with van der Waals surface area (Å²) >= 11 is 5.44. The Morgan fingerprint density at radius 2 is 1.95 bits per heavy atom. The van der Waals surface area contributed by atoms with Crippen LogP contribution in [0.3, 0.4) is 0 Å². The molecule has 0 radical (unpaired) electrons. The van der Waals surface area contributed by atoms with Gasteiger partial charge < -0.3 is 4.74 Å². The number of benzene rings is 1. The number of esters is 1. The van der Waals surface area contributed by atoms with Crippen molar-refractivity contribution >= 4 is 27.4 Å². The molecule has 0 fully saturated rings. The topological polar surface area (TPSA) is 60.4 Å². The first-order valence-electron chi connectivity index (χ1n) is 5.79. The first-order chi connectivity index (χ1) is 9.98. The molecule has 0 N–H and O–H groups in total. The minimum Gasteiger partial charge on any atom is -0.468 e. The van der Waals surface area contributed by atoms with Crippen LogP contribution < -0.4 is 0 Å². The molecule has 0 aliphatic rings. The van der Waals surface area contributed by atoms with Crippen molar-refractivity contribution in [3.63, 3.8) is 0 Å². The van der Waals surface area contributed by atoms with E-state index in [4.69, 9.17) is 11.6 Å². The van der Waals surface area contributed by atoms with Crippen LogP contribution in [0.15, 0.2) is 18.2 Å². The number of hydrogen-bond donors (Lipinski definition) is 0. The monoisotopic (exact) mass is 362 g/mol. The quantitative estimate of drug-likeness (QED) is 0.596. The van der Waals surface area contributed by atoms with Crippen molar-refractivity contribution in [3.8, 4) is 0 Å². The van der Waals surface area contributed by atoms with Crippen molar-refractivity contribution < 1.29 is 35.5 Å². The molecule has 1 aromatic carbocycles. The number of rotatable bonds is 5. The molecule has 0 heterocycles. The van der Waals surface area contributed by atoms with Gasteiger partial charge in [-0.1, -0.05) is 17.7 Å². The van der Waals surface area contributed by atoms with Gasteiger partial charge in [-0.25, -0.2) is 12.8 Å². The molecule has 4 nitrogen and oxygen atoms in total. The molecule has 0 saturated carbocycles. The molecule has 0 aliphatic carbocycles. The number of carbonyl (C=O) groups excluding carboxylic acids is 1. The summed E-state index contributed by atoms with van der Waals surface area (Å²) < 4.78 is 78.3. The van der Waals surface area contributed by atoms with Gasteiger partial charge in [0.05, 0.1) is 24.3 Å². The Morgan fingerprint density at radius 1 is 1.36 bits per heavy atom. The lowest BCUT2D eigenvalue weighted by molar-refractivity contribution is -0.140. The van der Waals surface area contributed by atoms with Crippen LogP contribution in [0.1, 0.15) is 17.2 Å². The molecule has 1 unspecified atom stereocenters. The number of hydrogen-bond acceptors (Lipinski definition) is 4. The lowest BCUT2D eigenvalue weighted by Crippen LogP contribution is -2.28. The summed E-state index contributed by atoms with van der Waals surface area (Å²) in [5, 5.41) is -2.37. The van der Waals surface area contributed by atoms with E-state index in [1.165, 1.54) is 0 Å². The van der Waals surface area contributed by atoms with E-state index in [2.05, 4.69) is 4.74 Å². The average molecular weight is 363 g/mol. The first kappa shape index (κ1) is 18.7. The number of alkyl halides is 3. The standard InChI is InChI=1S/C12H11ClF4O4S/c1-21-11(18)10(7-2-3-8(13)9(14)6-7)22(19,20)5-4-12(15,16)17/h2-3,6,10H,4-5H2,1H3. The van der Waals surface area contributed by atoms with E-state index in [9.17, 15) is 30.8 Å². The molecule has 1 atom stereocenters. The van der Waals surface area contributed by atoms with Crippen LogP contribution in [0.4, 0.5) is 17.6 Å². The van der Waals surface area contributed by atoms with Crippen molar-refractivity contribution in [2.24, 2.45) is 0 Å². The minimum atomic E-state index is -4.71. The fourth-order valence-electron chi connectivity index (χ4n) is 1.65. The van der Waals surface area contributed by atoms with Crippen molar-refractivity contribution in [2.45, 2.75) is 17.8 Å². The Labute approximate surface area is 128 Å². The predicted molar refractivity (Wildman–Crippen MR) is 70.6 cm³/mol. The van der Waals surface area contributed by atoms with Gasteiger partial charge in [0, 0.05) is 0 Å². The van der Waals surface area contributed by atoms with Crippen LogP contribution in [0.25, 0.3) is 0 Å². The predicted octanol–water partition coefficient (Wildman–Crippen LogP) is 3.06. The summed E-state index contributed by atoms with van der Waals surface area (Å²) in [6, 6.07) is 2.72. The third kappa shape index (κ3) is 4.84. The highest BCUT2D eigenvalue weighted by Crippen LogP contribution is 2.30. The van der Waals surface area contributed by atoms with Gasteiger partial charge in [-0.2, -0.15) is 13.2 Å². The van der Waals surface area contributed by atoms with Crippen molar-refractivity contribution in [3.05, 3.63) is 34.6 Å². The van der Waals surface area contributed by atoms with Crippen LogP contribution >= 0.6 is 11.6 Å². The van der Waals surface area contributed by atoms with Crippen LogP contribution in [0.2, 0.25) is 5.02 Å². The zero-order valence-corrected chi connectivity index (χ0v) is 12.7. The molecule has 1 aromatic rings. The fourth-order valence-corrected chi connectivity index (χ4v) is 3.47. The maximum Gasteiger partial charge on any atom is 0.390 e. The van der Waals surface area contributed by atoms with Gasteiger partial charge in [-0.15, -0.1) is 0 Å². The second-order valence-electron chi connectivity index (χ2n) is 4.31. The zero-order chi connectivity index (χ0) is 17.1. The Hall–Kier alpha value is -1.35. The number of carbonyl (C=O) groups is 1. The third-order valence-electron chi connectivity index (χ3n) is 2.69. The third-order valence-corrected chi connectivity index (χ3v) is 4.95. The van der Waals surface area contributed by atoms with Gasteiger partial charge in [0.15, 0.2) is 15.1 Å². The van der Waals surface area contributed by atoms with E-state index in [-0.39, 0.29) is 10.6 Å². The molecule has 0 bridgehead atoms. The fraction of sp³-hybridized carbons (Fsp3) is 0.417. The van der Waals surface area contributed by atoms with Gasteiger partial charge >= 0.3 is 12.1 Å².